The summed E-state index contributed by atoms with van der Waals surface area (Å²) < 4.78 is 8.73. The summed E-state index contributed by atoms with van der Waals surface area (Å²) in [5.41, 5.74) is 0.865. The first-order valence-corrected chi connectivity index (χ1v) is 7.54. The van der Waals surface area contributed by atoms with Gasteiger partial charge in [-0.25, -0.2) is 4.98 Å². The van der Waals surface area contributed by atoms with E-state index in [4.69, 9.17) is 4.74 Å². The van der Waals surface area contributed by atoms with Crippen LogP contribution in [0, 0.1) is 10.1 Å². The summed E-state index contributed by atoms with van der Waals surface area (Å²) in [7, 11) is 5.16. The van der Waals surface area contributed by atoms with Crippen molar-refractivity contribution in [2.24, 2.45) is 14.1 Å². The molecule has 9 heteroatoms. The highest BCUT2D eigenvalue weighted by molar-refractivity contribution is 5.55. The quantitative estimate of drug-likeness (QED) is 0.545. The molecule has 9 nitrogen and oxygen atoms in total. The van der Waals surface area contributed by atoms with Gasteiger partial charge in [-0.1, -0.05) is 12.1 Å². The van der Waals surface area contributed by atoms with Gasteiger partial charge in [-0.15, -0.1) is 0 Å². The molecule has 130 valence electrons. The monoisotopic (exact) mass is 342 g/mol. The Morgan fingerprint density at radius 1 is 1.28 bits per heavy atom. The van der Waals surface area contributed by atoms with Crippen LogP contribution in [-0.2, 0) is 14.1 Å². The fraction of sp³-hybridized carbons (Fsp3) is 0.250. The number of methoxy groups -OCH3 is 1. The van der Waals surface area contributed by atoms with Crippen LogP contribution in [-0.4, -0.2) is 31.1 Å². The summed E-state index contributed by atoms with van der Waals surface area (Å²) in [5.74, 6) is 1.48. The average molecular weight is 342 g/mol. The normalized spacial score (nSPS) is 12.0. The standard InChI is InChI=1S/C16H18N6O3/c1-20-8-7-17-14(20)13(11-5-4-6-12(9-11)25-3)19-16-15(22(23)24)18-10-21(16)2/h4-10,13,19H,1-3H3. The van der Waals surface area contributed by atoms with Crippen LogP contribution < -0.4 is 10.1 Å². The Morgan fingerprint density at radius 2 is 2.08 bits per heavy atom. The first kappa shape index (κ1) is 16.5. The number of hydrogen-bond donors (Lipinski definition) is 1. The van der Waals surface area contributed by atoms with Crippen molar-refractivity contribution in [1.82, 2.24) is 19.1 Å². The predicted octanol–water partition coefficient (Wildman–Crippen LogP) is 2.27. The minimum absolute atomic E-state index is 0.232. The van der Waals surface area contributed by atoms with Gasteiger partial charge in [0.2, 0.25) is 12.1 Å². The number of aryl methyl sites for hydroxylation is 2. The number of imidazole rings is 2. The van der Waals surface area contributed by atoms with Crippen molar-refractivity contribution in [1.29, 1.82) is 0 Å². The van der Waals surface area contributed by atoms with Gasteiger partial charge in [0.15, 0.2) is 0 Å². The van der Waals surface area contributed by atoms with Crippen molar-refractivity contribution in [3.05, 3.63) is 64.5 Å². The van der Waals surface area contributed by atoms with Crippen molar-refractivity contribution in [3.8, 4) is 5.75 Å². The van der Waals surface area contributed by atoms with E-state index < -0.39 is 11.0 Å². The number of nitrogens with zero attached hydrogens (tertiary/aromatic N) is 5. The van der Waals surface area contributed by atoms with E-state index in [9.17, 15) is 10.1 Å². The largest absolute Gasteiger partial charge is 0.497 e. The molecule has 1 aromatic carbocycles. The lowest BCUT2D eigenvalue weighted by Crippen LogP contribution is -2.19. The van der Waals surface area contributed by atoms with Gasteiger partial charge < -0.3 is 24.7 Å². The highest BCUT2D eigenvalue weighted by Crippen LogP contribution is 2.31. The lowest BCUT2D eigenvalue weighted by molar-refractivity contribution is -0.388. The summed E-state index contributed by atoms with van der Waals surface area (Å²) in [5, 5.41) is 14.5. The van der Waals surface area contributed by atoms with Gasteiger partial charge in [-0.3, -0.25) is 4.57 Å². The number of nitro groups is 1. The first-order chi connectivity index (χ1) is 12.0. The van der Waals surface area contributed by atoms with Crippen LogP contribution in [0.1, 0.15) is 17.4 Å². The molecule has 0 aliphatic carbocycles. The Morgan fingerprint density at radius 3 is 2.72 bits per heavy atom. The molecule has 2 heterocycles. The van der Waals surface area contributed by atoms with E-state index >= 15 is 0 Å². The van der Waals surface area contributed by atoms with E-state index in [2.05, 4.69) is 15.3 Å². The van der Waals surface area contributed by atoms with E-state index in [-0.39, 0.29) is 5.82 Å². The van der Waals surface area contributed by atoms with Crippen molar-refractivity contribution < 1.29 is 9.66 Å². The Balaban J connectivity index is 2.08. The van der Waals surface area contributed by atoms with Crippen LogP contribution in [0.2, 0.25) is 0 Å². The highest BCUT2D eigenvalue weighted by atomic mass is 16.6. The minimum Gasteiger partial charge on any atom is -0.497 e. The Bertz CT molecular complexity index is 901. The molecule has 0 saturated heterocycles. The van der Waals surface area contributed by atoms with Crippen LogP contribution in [0.15, 0.2) is 43.0 Å². The van der Waals surface area contributed by atoms with Crippen molar-refractivity contribution in [2.45, 2.75) is 6.04 Å². The van der Waals surface area contributed by atoms with Crippen LogP contribution in [0.3, 0.4) is 0 Å². The Kier molecular flexibility index (Phi) is 4.38. The van der Waals surface area contributed by atoms with Gasteiger partial charge in [0.1, 0.15) is 17.6 Å². The van der Waals surface area contributed by atoms with Gasteiger partial charge in [-0.2, -0.15) is 0 Å². The molecule has 1 unspecified atom stereocenters. The molecule has 0 aliphatic rings. The number of aromatic nitrogens is 4. The molecule has 25 heavy (non-hydrogen) atoms. The fourth-order valence-corrected chi connectivity index (χ4v) is 2.63. The molecule has 1 atom stereocenters. The molecule has 2 aromatic heterocycles. The van der Waals surface area contributed by atoms with Gasteiger partial charge in [0.25, 0.3) is 0 Å². The zero-order valence-corrected chi connectivity index (χ0v) is 14.1. The molecule has 0 bridgehead atoms. The zero-order chi connectivity index (χ0) is 18.0. The van der Waals surface area contributed by atoms with Crippen molar-refractivity contribution >= 4 is 11.6 Å². The number of hydrogen-bond acceptors (Lipinski definition) is 6. The van der Waals surface area contributed by atoms with Gasteiger partial charge in [0, 0.05) is 26.5 Å². The maximum absolute atomic E-state index is 11.3. The number of benzene rings is 1. The summed E-state index contributed by atoms with van der Waals surface area (Å²) in [6.45, 7) is 0. The molecule has 0 radical (unpaired) electrons. The summed E-state index contributed by atoms with van der Waals surface area (Å²) in [4.78, 5) is 19.0. The van der Waals surface area contributed by atoms with Crippen LogP contribution >= 0.6 is 0 Å². The molecular formula is C16H18N6O3. The first-order valence-electron chi connectivity index (χ1n) is 7.54. The minimum atomic E-state index is -0.511. The smallest absolute Gasteiger partial charge is 0.406 e. The average Bonchev–Trinajstić information content (AvgIpc) is 3.18. The lowest BCUT2D eigenvalue weighted by Gasteiger charge is -2.20. The predicted molar refractivity (Wildman–Crippen MR) is 91.5 cm³/mol. The topological polar surface area (TPSA) is 100 Å². The van der Waals surface area contributed by atoms with Crippen LogP contribution in [0.4, 0.5) is 11.6 Å². The Labute approximate surface area is 144 Å². The van der Waals surface area contributed by atoms with Crippen LogP contribution in [0.25, 0.3) is 0 Å². The third-order valence-corrected chi connectivity index (χ3v) is 3.92. The van der Waals surface area contributed by atoms with Gasteiger partial charge >= 0.3 is 5.82 Å². The summed E-state index contributed by atoms with van der Waals surface area (Å²) >= 11 is 0. The molecule has 3 rings (SSSR count). The summed E-state index contributed by atoms with van der Waals surface area (Å²) in [6.07, 6.45) is 4.91. The van der Waals surface area contributed by atoms with E-state index in [1.165, 1.54) is 6.33 Å². The fourth-order valence-electron chi connectivity index (χ4n) is 2.63. The van der Waals surface area contributed by atoms with E-state index in [0.717, 1.165) is 5.56 Å². The maximum Gasteiger partial charge on any atom is 0.406 e. The van der Waals surface area contributed by atoms with Gasteiger partial charge in [-0.05, 0) is 27.6 Å². The SMILES string of the molecule is COc1cccc(C(Nc2c([N+](=O)[O-])ncn2C)c2nccn2C)c1. The number of anilines is 1. The third kappa shape index (κ3) is 3.16. The zero-order valence-electron chi connectivity index (χ0n) is 14.1. The molecule has 1 N–H and O–H groups in total. The van der Waals surface area contributed by atoms with Crippen LogP contribution in [0.5, 0.6) is 5.75 Å². The second-order valence-corrected chi connectivity index (χ2v) is 5.54. The van der Waals surface area contributed by atoms with Crippen molar-refractivity contribution in [3.63, 3.8) is 0 Å². The second kappa shape index (κ2) is 6.63. The van der Waals surface area contributed by atoms with Crippen molar-refractivity contribution in [2.75, 3.05) is 12.4 Å². The summed E-state index contributed by atoms with van der Waals surface area (Å²) in [6, 6.07) is 7.07. The number of nitrogens with one attached hydrogen (secondary N) is 1. The number of rotatable bonds is 6. The lowest BCUT2D eigenvalue weighted by atomic mass is 10.1. The Hall–Kier alpha value is -3.36. The molecule has 0 aliphatic heterocycles. The highest BCUT2D eigenvalue weighted by Gasteiger charge is 2.26. The number of ether oxygens (including phenoxy) is 1. The molecule has 0 spiro atoms. The molecular weight excluding hydrogens is 324 g/mol. The molecule has 3 aromatic rings. The van der Waals surface area contributed by atoms with Gasteiger partial charge in [0.05, 0.1) is 7.11 Å². The maximum atomic E-state index is 11.3. The molecule has 0 amide bonds. The second-order valence-electron chi connectivity index (χ2n) is 5.54. The third-order valence-electron chi connectivity index (χ3n) is 3.92. The van der Waals surface area contributed by atoms with E-state index in [1.807, 2.05) is 42.1 Å². The van der Waals surface area contributed by atoms with E-state index in [1.54, 1.807) is 24.9 Å². The molecule has 0 fully saturated rings. The molecule has 0 saturated carbocycles. The van der Waals surface area contributed by atoms with E-state index in [0.29, 0.717) is 17.4 Å².